The van der Waals surface area contributed by atoms with E-state index in [4.69, 9.17) is 0 Å². The van der Waals surface area contributed by atoms with Crippen molar-refractivity contribution < 1.29 is 10.2 Å². The average Bonchev–Trinajstić information content (AvgIpc) is 2.17. The highest BCUT2D eigenvalue weighted by atomic mass is 16.3. The van der Waals surface area contributed by atoms with Crippen molar-refractivity contribution in [3.05, 3.63) is 0 Å². The number of unbranched alkanes of at least 4 members (excludes halogenated alkanes) is 4. The smallest absolute Gasteiger partial charge is 0.0564 e. The molecule has 0 rings (SSSR count). The van der Waals surface area contributed by atoms with Gasteiger partial charge in [0.25, 0.3) is 0 Å². The molecule has 2 unspecified atom stereocenters. The Bertz CT molecular complexity index is 126. The van der Waals surface area contributed by atoms with Crippen LogP contribution in [0.15, 0.2) is 0 Å². The maximum absolute atomic E-state index is 9.64. The largest absolute Gasteiger partial charge is 0.393 e. The zero-order chi connectivity index (χ0) is 11.5. The standard InChI is InChI=1S/C13H28O2/c1-3-5-6-7-8-10-13(15)11-12(14)9-4-2/h12-15H,3-11H2,1-2H3. The third-order valence-electron chi connectivity index (χ3n) is 2.81. The number of aliphatic hydroxyl groups is 2. The molecule has 92 valence electrons. The Morgan fingerprint density at radius 1 is 0.733 bits per heavy atom. The molecule has 2 nitrogen and oxygen atoms in total. The van der Waals surface area contributed by atoms with Crippen molar-refractivity contribution in [2.24, 2.45) is 0 Å². The molecule has 0 saturated carbocycles. The quantitative estimate of drug-likeness (QED) is 0.550. The Hall–Kier alpha value is -0.0800. The minimum Gasteiger partial charge on any atom is -0.393 e. The minimum absolute atomic E-state index is 0.298. The molecule has 2 heteroatoms. The fourth-order valence-electron chi connectivity index (χ4n) is 1.87. The van der Waals surface area contributed by atoms with E-state index >= 15 is 0 Å². The van der Waals surface area contributed by atoms with Crippen molar-refractivity contribution in [2.75, 3.05) is 0 Å². The summed E-state index contributed by atoms with van der Waals surface area (Å²) < 4.78 is 0. The van der Waals surface area contributed by atoms with Crippen LogP contribution in [0.3, 0.4) is 0 Å². The lowest BCUT2D eigenvalue weighted by atomic mass is 10.0. The highest BCUT2D eigenvalue weighted by Gasteiger charge is 2.10. The molecule has 0 radical (unpaired) electrons. The Labute approximate surface area is 94.7 Å². The van der Waals surface area contributed by atoms with E-state index in [0.29, 0.717) is 6.42 Å². The van der Waals surface area contributed by atoms with E-state index in [1.807, 2.05) is 0 Å². The van der Waals surface area contributed by atoms with Crippen LogP contribution >= 0.6 is 0 Å². The van der Waals surface area contributed by atoms with Crippen LogP contribution in [0.5, 0.6) is 0 Å². The summed E-state index contributed by atoms with van der Waals surface area (Å²) >= 11 is 0. The van der Waals surface area contributed by atoms with Crippen molar-refractivity contribution in [1.82, 2.24) is 0 Å². The molecule has 0 aromatic heterocycles. The Morgan fingerprint density at radius 3 is 1.93 bits per heavy atom. The number of rotatable bonds is 10. The Kier molecular flexibility index (Phi) is 10.4. The van der Waals surface area contributed by atoms with Crippen molar-refractivity contribution >= 4 is 0 Å². The van der Waals surface area contributed by atoms with E-state index in [2.05, 4.69) is 13.8 Å². The minimum atomic E-state index is -0.305. The summed E-state index contributed by atoms with van der Waals surface area (Å²) in [5, 5.41) is 19.1. The van der Waals surface area contributed by atoms with E-state index < -0.39 is 0 Å². The highest BCUT2D eigenvalue weighted by molar-refractivity contribution is 4.63. The van der Waals surface area contributed by atoms with Gasteiger partial charge in [-0.2, -0.15) is 0 Å². The first-order valence-electron chi connectivity index (χ1n) is 6.56. The predicted octanol–water partition coefficient (Wildman–Crippen LogP) is 3.26. The van der Waals surface area contributed by atoms with E-state index in [-0.39, 0.29) is 12.2 Å². The monoisotopic (exact) mass is 216 g/mol. The topological polar surface area (TPSA) is 40.5 Å². The van der Waals surface area contributed by atoms with Crippen LogP contribution < -0.4 is 0 Å². The Balaban J connectivity index is 3.28. The molecule has 0 amide bonds. The third-order valence-corrected chi connectivity index (χ3v) is 2.81. The molecule has 0 saturated heterocycles. The molecule has 2 atom stereocenters. The zero-order valence-electron chi connectivity index (χ0n) is 10.4. The second-order valence-electron chi connectivity index (χ2n) is 4.53. The van der Waals surface area contributed by atoms with Gasteiger partial charge in [0.2, 0.25) is 0 Å². The lowest BCUT2D eigenvalue weighted by molar-refractivity contribution is 0.0692. The van der Waals surface area contributed by atoms with Gasteiger partial charge in [-0.1, -0.05) is 52.4 Å². The molecular formula is C13H28O2. The van der Waals surface area contributed by atoms with Crippen LogP contribution in [0, 0.1) is 0 Å². The molecule has 0 aliphatic heterocycles. The third kappa shape index (κ3) is 10.2. The van der Waals surface area contributed by atoms with Crippen LogP contribution in [0.4, 0.5) is 0 Å². The summed E-state index contributed by atoms with van der Waals surface area (Å²) in [6, 6.07) is 0. The first kappa shape index (κ1) is 14.9. The number of hydrogen-bond donors (Lipinski definition) is 2. The van der Waals surface area contributed by atoms with Crippen molar-refractivity contribution in [3.63, 3.8) is 0 Å². The molecule has 0 aliphatic carbocycles. The molecule has 0 aromatic rings. The molecule has 0 heterocycles. The van der Waals surface area contributed by atoms with E-state index in [0.717, 1.165) is 25.7 Å². The van der Waals surface area contributed by atoms with Gasteiger partial charge >= 0.3 is 0 Å². The summed E-state index contributed by atoms with van der Waals surface area (Å²) in [6.45, 7) is 4.26. The van der Waals surface area contributed by atoms with Gasteiger partial charge < -0.3 is 10.2 Å². The van der Waals surface area contributed by atoms with Gasteiger partial charge in [-0.25, -0.2) is 0 Å². The lowest BCUT2D eigenvalue weighted by Crippen LogP contribution is -2.17. The molecule has 0 spiro atoms. The van der Waals surface area contributed by atoms with Gasteiger partial charge in [0.15, 0.2) is 0 Å². The normalized spacial score (nSPS) is 15.2. The maximum Gasteiger partial charge on any atom is 0.0564 e. The van der Waals surface area contributed by atoms with Gasteiger partial charge in [-0.05, 0) is 19.3 Å². The predicted molar refractivity (Wildman–Crippen MR) is 64.9 cm³/mol. The highest BCUT2D eigenvalue weighted by Crippen LogP contribution is 2.12. The molecular weight excluding hydrogens is 188 g/mol. The molecule has 15 heavy (non-hydrogen) atoms. The molecule has 0 fully saturated rings. The fraction of sp³-hybridized carbons (Fsp3) is 1.00. The van der Waals surface area contributed by atoms with Crippen LogP contribution in [0.25, 0.3) is 0 Å². The van der Waals surface area contributed by atoms with Crippen molar-refractivity contribution in [2.45, 2.75) is 83.8 Å². The van der Waals surface area contributed by atoms with Gasteiger partial charge in [0, 0.05) is 0 Å². The first-order chi connectivity index (χ1) is 7.20. The van der Waals surface area contributed by atoms with Crippen LogP contribution in [0.2, 0.25) is 0 Å². The van der Waals surface area contributed by atoms with Crippen LogP contribution in [0.1, 0.15) is 71.6 Å². The van der Waals surface area contributed by atoms with E-state index in [1.165, 1.54) is 25.7 Å². The Morgan fingerprint density at radius 2 is 1.33 bits per heavy atom. The maximum atomic E-state index is 9.64. The molecule has 0 bridgehead atoms. The summed E-state index contributed by atoms with van der Waals surface area (Å²) in [5.74, 6) is 0. The fourth-order valence-corrected chi connectivity index (χ4v) is 1.87. The summed E-state index contributed by atoms with van der Waals surface area (Å²) in [7, 11) is 0. The van der Waals surface area contributed by atoms with Crippen LogP contribution in [-0.2, 0) is 0 Å². The number of aliphatic hydroxyl groups excluding tert-OH is 2. The second kappa shape index (κ2) is 10.4. The van der Waals surface area contributed by atoms with Gasteiger partial charge in [-0.15, -0.1) is 0 Å². The van der Waals surface area contributed by atoms with Crippen LogP contribution in [-0.4, -0.2) is 22.4 Å². The van der Waals surface area contributed by atoms with E-state index in [1.54, 1.807) is 0 Å². The van der Waals surface area contributed by atoms with Gasteiger partial charge in [-0.3, -0.25) is 0 Å². The second-order valence-corrected chi connectivity index (χ2v) is 4.53. The average molecular weight is 216 g/mol. The summed E-state index contributed by atoms with van der Waals surface area (Å²) in [6.07, 6.45) is 8.76. The van der Waals surface area contributed by atoms with Crippen molar-refractivity contribution in [3.8, 4) is 0 Å². The molecule has 0 aromatic carbocycles. The molecule has 2 N–H and O–H groups in total. The summed E-state index contributed by atoms with van der Waals surface area (Å²) in [5.41, 5.74) is 0. The number of hydrogen-bond acceptors (Lipinski definition) is 2. The molecule has 0 aliphatic rings. The SMILES string of the molecule is CCCCCCCC(O)CC(O)CCC. The summed E-state index contributed by atoms with van der Waals surface area (Å²) in [4.78, 5) is 0. The van der Waals surface area contributed by atoms with Gasteiger partial charge in [0.1, 0.15) is 0 Å². The lowest BCUT2D eigenvalue weighted by Gasteiger charge is -2.14. The van der Waals surface area contributed by atoms with Crippen molar-refractivity contribution in [1.29, 1.82) is 0 Å². The van der Waals surface area contributed by atoms with Gasteiger partial charge in [0.05, 0.1) is 12.2 Å². The zero-order valence-corrected chi connectivity index (χ0v) is 10.4. The van der Waals surface area contributed by atoms with E-state index in [9.17, 15) is 10.2 Å². The first-order valence-corrected chi connectivity index (χ1v) is 6.56.